The van der Waals surface area contributed by atoms with Gasteiger partial charge in [0.2, 0.25) is 0 Å². The Morgan fingerprint density at radius 1 is 1.23 bits per heavy atom. The first-order valence-corrected chi connectivity index (χ1v) is 10.0. The lowest BCUT2D eigenvalue weighted by atomic mass is 9.99. The fourth-order valence-corrected chi connectivity index (χ4v) is 3.30. The lowest BCUT2D eigenvalue weighted by Gasteiger charge is -2.17. The van der Waals surface area contributed by atoms with Gasteiger partial charge in [0.15, 0.2) is 0 Å². The topological polar surface area (TPSA) is 108 Å². The van der Waals surface area contributed by atoms with E-state index in [1.807, 2.05) is 30.3 Å². The van der Waals surface area contributed by atoms with Gasteiger partial charge < -0.3 is 14.8 Å². The van der Waals surface area contributed by atoms with Crippen LogP contribution in [0.1, 0.15) is 22.8 Å². The van der Waals surface area contributed by atoms with Gasteiger partial charge in [0, 0.05) is 12.6 Å². The number of hydrogen-bond donors (Lipinski definition) is 1. The average molecular weight is 444 g/mol. The van der Waals surface area contributed by atoms with Gasteiger partial charge in [0.25, 0.3) is 5.91 Å². The van der Waals surface area contributed by atoms with Crippen molar-refractivity contribution in [3.8, 4) is 11.4 Å². The highest BCUT2D eigenvalue weighted by Crippen LogP contribution is 2.29. The molecule has 0 aliphatic rings. The Balaban J connectivity index is 1.77. The summed E-state index contributed by atoms with van der Waals surface area (Å²) >= 11 is 6.33. The van der Waals surface area contributed by atoms with Gasteiger partial charge in [-0.3, -0.25) is 9.59 Å². The Bertz CT molecular complexity index is 1030. The number of amides is 1. The summed E-state index contributed by atoms with van der Waals surface area (Å²) in [5, 5.41) is 14.0. The maximum atomic E-state index is 12.9. The van der Waals surface area contributed by atoms with Gasteiger partial charge in [0.1, 0.15) is 12.1 Å². The highest BCUT2D eigenvalue weighted by atomic mass is 35.5. The summed E-state index contributed by atoms with van der Waals surface area (Å²) in [6, 6.07) is 12.6. The van der Waals surface area contributed by atoms with Crippen molar-refractivity contribution < 1.29 is 19.1 Å². The van der Waals surface area contributed by atoms with Crippen molar-refractivity contribution in [1.29, 1.82) is 0 Å². The zero-order valence-electron chi connectivity index (χ0n) is 17.1. The van der Waals surface area contributed by atoms with Crippen LogP contribution in [-0.4, -0.2) is 52.3 Å². The minimum atomic E-state index is -0.534. The molecule has 0 aliphatic carbocycles. The molecule has 0 aliphatic heterocycles. The van der Waals surface area contributed by atoms with Crippen LogP contribution in [0.25, 0.3) is 5.69 Å². The van der Waals surface area contributed by atoms with Gasteiger partial charge in [0.05, 0.1) is 35.9 Å². The molecule has 1 heterocycles. The summed E-state index contributed by atoms with van der Waals surface area (Å²) in [6.07, 6.45) is 1.82. The van der Waals surface area contributed by atoms with Crippen LogP contribution in [0.2, 0.25) is 5.02 Å². The molecule has 3 rings (SSSR count). The molecule has 1 N–H and O–H groups in total. The summed E-state index contributed by atoms with van der Waals surface area (Å²) < 4.78 is 11.9. The van der Waals surface area contributed by atoms with Crippen LogP contribution in [0.4, 0.5) is 0 Å². The standard InChI is InChI=1S/C21H22ClN5O4/c1-3-31-21(29)15(9-14-7-5-4-6-8-14)12-23-20(28)16-10-17(22)18(11-19(16)30-2)27-13-24-25-26-27/h4-8,10-11,13,15H,3,9,12H2,1-2H3,(H,23,28). The van der Waals surface area contributed by atoms with Crippen LogP contribution < -0.4 is 10.1 Å². The SMILES string of the molecule is CCOC(=O)C(CNC(=O)c1cc(Cl)c(-n2cnnn2)cc1OC)Cc1ccccc1. The first-order valence-electron chi connectivity index (χ1n) is 9.63. The van der Waals surface area contributed by atoms with Crippen LogP contribution in [0, 0.1) is 5.92 Å². The van der Waals surface area contributed by atoms with Crippen LogP contribution in [0.3, 0.4) is 0 Å². The van der Waals surface area contributed by atoms with Crippen molar-refractivity contribution in [3.05, 3.63) is 64.9 Å². The number of nitrogens with one attached hydrogen (secondary N) is 1. The number of halogens is 1. The Hall–Kier alpha value is -3.46. The van der Waals surface area contributed by atoms with E-state index < -0.39 is 11.8 Å². The molecule has 1 atom stereocenters. The zero-order chi connectivity index (χ0) is 22.2. The van der Waals surface area contributed by atoms with Gasteiger partial charge in [-0.25, -0.2) is 0 Å². The lowest BCUT2D eigenvalue weighted by Crippen LogP contribution is -2.35. The molecule has 9 nitrogen and oxygen atoms in total. The molecule has 3 aromatic rings. The molecule has 1 unspecified atom stereocenters. The number of tetrazole rings is 1. The number of benzene rings is 2. The van der Waals surface area contributed by atoms with E-state index in [0.29, 0.717) is 17.9 Å². The molecule has 2 aromatic carbocycles. The van der Waals surface area contributed by atoms with Crippen molar-refractivity contribution in [3.63, 3.8) is 0 Å². The minimum absolute atomic E-state index is 0.0993. The summed E-state index contributed by atoms with van der Waals surface area (Å²) in [7, 11) is 1.44. The molecule has 1 amide bonds. The summed E-state index contributed by atoms with van der Waals surface area (Å²) in [4.78, 5) is 25.3. The fourth-order valence-electron chi connectivity index (χ4n) is 3.04. The Morgan fingerprint density at radius 2 is 2.00 bits per heavy atom. The van der Waals surface area contributed by atoms with Crippen molar-refractivity contribution in [1.82, 2.24) is 25.5 Å². The van der Waals surface area contributed by atoms with Gasteiger partial charge >= 0.3 is 5.97 Å². The van der Waals surface area contributed by atoms with E-state index in [1.165, 1.54) is 24.2 Å². The largest absolute Gasteiger partial charge is 0.496 e. The zero-order valence-corrected chi connectivity index (χ0v) is 17.9. The van der Waals surface area contributed by atoms with Gasteiger partial charge in [-0.1, -0.05) is 41.9 Å². The minimum Gasteiger partial charge on any atom is -0.496 e. The maximum Gasteiger partial charge on any atom is 0.311 e. The predicted octanol–water partition coefficient (Wildman–Crippen LogP) is 2.48. The lowest BCUT2D eigenvalue weighted by molar-refractivity contribution is -0.147. The van der Waals surface area contributed by atoms with E-state index >= 15 is 0 Å². The number of esters is 1. The number of aromatic nitrogens is 4. The first kappa shape index (κ1) is 22.2. The third kappa shape index (κ3) is 5.58. The summed E-state index contributed by atoms with van der Waals surface area (Å²) in [6.45, 7) is 2.11. The number of methoxy groups -OCH3 is 1. The van der Waals surface area contributed by atoms with E-state index in [2.05, 4.69) is 20.8 Å². The predicted molar refractivity (Wildman–Crippen MR) is 113 cm³/mol. The normalized spacial score (nSPS) is 11.6. The average Bonchev–Trinajstić information content (AvgIpc) is 3.31. The van der Waals surface area contributed by atoms with Crippen LogP contribution in [0.5, 0.6) is 5.75 Å². The molecule has 10 heteroatoms. The quantitative estimate of drug-likeness (QED) is 0.506. The number of carbonyl (C=O) groups is 2. The van der Waals surface area contributed by atoms with E-state index in [-0.39, 0.29) is 29.7 Å². The van der Waals surface area contributed by atoms with Crippen LogP contribution in [-0.2, 0) is 16.0 Å². The maximum absolute atomic E-state index is 12.9. The smallest absolute Gasteiger partial charge is 0.311 e. The molecule has 0 saturated carbocycles. The second-order valence-corrected chi connectivity index (χ2v) is 7.01. The highest BCUT2D eigenvalue weighted by Gasteiger charge is 2.23. The van der Waals surface area contributed by atoms with E-state index in [9.17, 15) is 9.59 Å². The Kier molecular flexibility index (Phi) is 7.55. The molecule has 0 saturated heterocycles. The Labute approximate surface area is 184 Å². The van der Waals surface area contributed by atoms with Crippen molar-refractivity contribution >= 4 is 23.5 Å². The summed E-state index contributed by atoms with van der Waals surface area (Å²) in [5.74, 6) is -1.04. The summed E-state index contributed by atoms with van der Waals surface area (Å²) in [5.41, 5.74) is 1.67. The number of hydrogen-bond acceptors (Lipinski definition) is 7. The van der Waals surface area contributed by atoms with Crippen molar-refractivity contribution in [2.75, 3.05) is 20.3 Å². The number of nitrogens with zero attached hydrogens (tertiary/aromatic N) is 4. The van der Waals surface area contributed by atoms with Crippen LogP contribution in [0.15, 0.2) is 48.8 Å². The van der Waals surface area contributed by atoms with Gasteiger partial charge in [-0.05, 0) is 35.4 Å². The number of rotatable bonds is 9. The Morgan fingerprint density at radius 3 is 2.65 bits per heavy atom. The third-order valence-corrected chi connectivity index (χ3v) is 4.87. The molecular weight excluding hydrogens is 422 g/mol. The second-order valence-electron chi connectivity index (χ2n) is 6.61. The molecule has 162 valence electrons. The van der Waals surface area contributed by atoms with E-state index in [4.69, 9.17) is 21.1 Å². The number of ether oxygens (including phenoxy) is 2. The molecule has 31 heavy (non-hydrogen) atoms. The highest BCUT2D eigenvalue weighted by molar-refractivity contribution is 6.33. The second kappa shape index (κ2) is 10.5. The molecule has 0 bridgehead atoms. The molecule has 0 spiro atoms. The van der Waals surface area contributed by atoms with Crippen molar-refractivity contribution in [2.24, 2.45) is 5.92 Å². The monoisotopic (exact) mass is 443 g/mol. The van der Waals surface area contributed by atoms with E-state index in [1.54, 1.807) is 13.0 Å². The molecule has 0 fully saturated rings. The molecular formula is C21H22ClN5O4. The van der Waals surface area contributed by atoms with E-state index in [0.717, 1.165) is 5.56 Å². The third-order valence-electron chi connectivity index (χ3n) is 4.56. The first-order chi connectivity index (χ1) is 15.0. The number of carbonyl (C=O) groups excluding carboxylic acids is 2. The molecule has 0 radical (unpaired) electrons. The van der Waals surface area contributed by atoms with Crippen LogP contribution >= 0.6 is 11.6 Å². The van der Waals surface area contributed by atoms with Gasteiger partial charge in [-0.2, -0.15) is 4.68 Å². The van der Waals surface area contributed by atoms with Gasteiger partial charge in [-0.15, -0.1) is 5.10 Å². The fraction of sp³-hybridized carbons (Fsp3) is 0.286. The van der Waals surface area contributed by atoms with Crippen molar-refractivity contribution in [2.45, 2.75) is 13.3 Å². The molecule has 1 aromatic heterocycles.